The summed E-state index contributed by atoms with van der Waals surface area (Å²) < 4.78 is 0. The fourth-order valence-corrected chi connectivity index (χ4v) is 2.68. The maximum atomic E-state index is 9.65. The zero-order valence-corrected chi connectivity index (χ0v) is 13.2. The number of nitrogens with zero attached hydrogens (tertiary/aromatic N) is 4. The normalized spacial score (nSPS) is 16.7. The van der Waals surface area contributed by atoms with Crippen molar-refractivity contribution in [3.63, 3.8) is 0 Å². The van der Waals surface area contributed by atoms with Gasteiger partial charge in [-0.2, -0.15) is 0 Å². The highest BCUT2D eigenvalue weighted by Crippen LogP contribution is 2.20. The quantitative estimate of drug-likeness (QED) is 0.942. The van der Waals surface area contributed by atoms with Gasteiger partial charge in [0, 0.05) is 32.4 Å². The lowest BCUT2D eigenvalue weighted by molar-refractivity contribution is 0.194. The van der Waals surface area contributed by atoms with E-state index in [2.05, 4.69) is 19.8 Å². The summed E-state index contributed by atoms with van der Waals surface area (Å²) in [5.74, 6) is 1.87. The monoisotopic (exact) mass is 318 g/mol. The Balaban J connectivity index is 1.66. The lowest BCUT2D eigenvalue weighted by atomic mass is 10.2. The van der Waals surface area contributed by atoms with Crippen molar-refractivity contribution in [3.8, 4) is 0 Å². The van der Waals surface area contributed by atoms with Crippen LogP contribution in [0.25, 0.3) is 0 Å². The second kappa shape index (κ2) is 6.50. The molecule has 3 heterocycles. The highest BCUT2D eigenvalue weighted by molar-refractivity contribution is 6.30. The first-order chi connectivity index (χ1) is 10.6. The fraction of sp³-hybridized carbons (Fsp3) is 0.375. The van der Waals surface area contributed by atoms with Crippen molar-refractivity contribution < 1.29 is 5.11 Å². The van der Waals surface area contributed by atoms with Gasteiger partial charge in [0.15, 0.2) is 0 Å². The molecule has 0 unspecified atom stereocenters. The van der Waals surface area contributed by atoms with Gasteiger partial charge < -0.3 is 14.9 Å². The van der Waals surface area contributed by atoms with Gasteiger partial charge in [0.2, 0.25) is 0 Å². The number of hydrogen-bond donors (Lipinski definition) is 1. The van der Waals surface area contributed by atoms with E-state index in [-0.39, 0.29) is 0 Å². The molecule has 0 bridgehead atoms. The van der Waals surface area contributed by atoms with E-state index in [0.717, 1.165) is 37.8 Å². The summed E-state index contributed by atoms with van der Waals surface area (Å²) in [6.07, 6.45) is 1.14. The second-order valence-electron chi connectivity index (χ2n) is 5.41. The molecule has 0 aliphatic carbocycles. The van der Waals surface area contributed by atoms with Crippen LogP contribution in [0.3, 0.4) is 0 Å². The molecule has 22 heavy (non-hydrogen) atoms. The number of aromatic nitrogens is 2. The summed E-state index contributed by atoms with van der Waals surface area (Å²) in [6, 6.07) is 9.59. The summed E-state index contributed by atoms with van der Waals surface area (Å²) >= 11 is 5.88. The van der Waals surface area contributed by atoms with Gasteiger partial charge in [0.25, 0.3) is 0 Å². The van der Waals surface area contributed by atoms with Gasteiger partial charge in [-0.15, -0.1) is 0 Å². The molecule has 2 aromatic heterocycles. The Bertz CT molecular complexity index is 624. The van der Waals surface area contributed by atoms with Crippen LogP contribution < -0.4 is 9.80 Å². The van der Waals surface area contributed by atoms with Gasteiger partial charge in [-0.3, -0.25) is 0 Å². The number of piperazine rings is 1. The summed E-state index contributed by atoms with van der Waals surface area (Å²) in [4.78, 5) is 13.4. The molecule has 0 amide bonds. The van der Waals surface area contributed by atoms with Crippen LogP contribution in [0.2, 0.25) is 5.02 Å². The Kier molecular flexibility index (Phi) is 4.45. The average Bonchev–Trinajstić information content (AvgIpc) is 2.56. The number of anilines is 2. The Morgan fingerprint density at radius 1 is 1.05 bits per heavy atom. The van der Waals surface area contributed by atoms with E-state index < -0.39 is 6.10 Å². The number of aliphatic hydroxyl groups excluding tert-OH is 1. The Hall–Kier alpha value is -1.85. The summed E-state index contributed by atoms with van der Waals surface area (Å²) in [7, 11) is 0. The molecule has 5 nitrogen and oxygen atoms in total. The zero-order chi connectivity index (χ0) is 15.5. The molecule has 2 aromatic rings. The lowest BCUT2D eigenvalue weighted by Crippen LogP contribution is -2.47. The maximum Gasteiger partial charge on any atom is 0.129 e. The SMILES string of the molecule is C[C@H](O)c1cccc(N2CCN(c3ccc(Cl)cn3)CC2)n1. The zero-order valence-electron chi connectivity index (χ0n) is 12.5. The molecule has 1 fully saturated rings. The minimum atomic E-state index is -0.542. The van der Waals surface area contributed by atoms with Gasteiger partial charge >= 0.3 is 0 Å². The Morgan fingerprint density at radius 3 is 2.32 bits per heavy atom. The molecule has 1 N–H and O–H groups in total. The van der Waals surface area contributed by atoms with Crippen LogP contribution in [-0.2, 0) is 0 Å². The number of aliphatic hydroxyl groups is 1. The van der Waals surface area contributed by atoms with Crippen molar-refractivity contribution in [1.29, 1.82) is 0 Å². The number of rotatable bonds is 3. The molecule has 0 saturated carbocycles. The van der Waals surface area contributed by atoms with Crippen molar-refractivity contribution in [2.24, 2.45) is 0 Å². The van der Waals surface area contributed by atoms with E-state index >= 15 is 0 Å². The molecule has 116 valence electrons. The van der Waals surface area contributed by atoms with Crippen molar-refractivity contribution >= 4 is 23.2 Å². The van der Waals surface area contributed by atoms with E-state index in [1.165, 1.54) is 0 Å². The predicted molar refractivity (Wildman–Crippen MR) is 88.5 cm³/mol. The fourth-order valence-electron chi connectivity index (χ4n) is 2.57. The van der Waals surface area contributed by atoms with Crippen molar-refractivity contribution in [2.75, 3.05) is 36.0 Å². The Labute approximate surface area is 135 Å². The van der Waals surface area contributed by atoms with Crippen LogP contribution in [0.5, 0.6) is 0 Å². The molecule has 1 atom stereocenters. The molecule has 1 aliphatic heterocycles. The average molecular weight is 319 g/mol. The topological polar surface area (TPSA) is 52.5 Å². The Morgan fingerprint density at radius 2 is 1.73 bits per heavy atom. The van der Waals surface area contributed by atoms with Gasteiger partial charge in [-0.25, -0.2) is 9.97 Å². The first kappa shape index (κ1) is 15.1. The smallest absolute Gasteiger partial charge is 0.129 e. The van der Waals surface area contributed by atoms with Crippen molar-refractivity contribution in [2.45, 2.75) is 13.0 Å². The standard InChI is InChI=1S/C16H19ClN4O/c1-12(22)14-3-2-4-16(19-14)21-9-7-20(8-10-21)15-6-5-13(17)11-18-15/h2-6,11-12,22H,7-10H2,1H3/t12-/m0/s1. The first-order valence-corrected chi connectivity index (χ1v) is 7.78. The minimum absolute atomic E-state index is 0.542. The summed E-state index contributed by atoms with van der Waals surface area (Å²) in [5.41, 5.74) is 0.708. The van der Waals surface area contributed by atoms with E-state index in [4.69, 9.17) is 11.6 Å². The molecule has 0 aromatic carbocycles. The highest BCUT2D eigenvalue weighted by atomic mass is 35.5. The lowest BCUT2D eigenvalue weighted by Gasteiger charge is -2.36. The molecule has 0 radical (unpaired) electrons. The van der Waals surface area contributed by atoms with Crippen LogP contribution >= 0.6 is 11.6 Å². The van der Waals surface area contributed by atoms with E-state index in [0.29, 0.717) is 10.7 Å². The second-order valence-corrected chi connectivity index (χ2v) is 5.84. The highest BCUT2D eigenvalue weighted by Gasteiger charge is 2.19. The van der Waals surface area contributed by atoms with Crippen LogP contribution in [0.15, 0.2) is 36.5 Å². The van der Waals surface area contributed by atoms with Crippen LogP contribution in [-0.4, -0.2) is 41.3 Å². The number of pyridine rings is 2. The minimum Gasteiger partial charge on any atom is -0.387 e. The molecule has 3 rings (SSSR count). The molecular formula is C16H19ClN4O. The summed E-state index contributed by atoms with van der Waals surface area (Å²) in [6.45, 7) is 5.25. The number of halogens is 1. The number of hydrogen-bond acceptors (Lipinski definition) is 5. The molecule has 6 heteroatoms. The van der Waals surface area contributed by atoms with E-state index in [9.17, 15) is 5.11 Å². The van der Waals surface area contributed by atoms with Gasteiger partial charge in [0.1, 0.15) is 11.6 Å². The van der Waals surface area contributed by atoms with E-state index in [1.54, 1.807) is 13.1 Å². The molecule has 0 spiro atoms. The third-order valence-corrected chi connectivity index (χ3v) is 4.05. The van der Waals surface area contributed by atoms with Gasteiger partial charge in [0.05, 0.1) is 16.8 Å². The summed E-state index contributed by atoms with van der Waals surface area (Å²) in [5, 5.41) is 10.3. The molecule has 1 saturated heterocycles. The van der Waals surface area contributed by atoms with Crippen molar-refractivity contribution in [3.05, 3.63) is 47.2 Å². The van der Waals surface area contributed by atoms with Crippen LogP contribution in [0.1, 0.15) is 18.7 Å². The first-order valence-electron chi connectivity index (χ1n) is 7.40. The predicted octanol–water partition coefficient (Wildman–Crippen LogP) is 2.51. The molecular weight excluding hydrogens is 300 g/mol. The van der Waals surface area contributed by atoms with Gasteiger partial charge in [-0.1, -0.05) is 17.7 Å². The van der Waals surface area contributed by atoms with Crippen LogP contribution in [0.4, 0.5) is 11.6 Å². The largest absolute Gasteiger partial charge is 0.387 e. The third kappa shape index (κ3) is 3.31. The molecule has 1 aliphatic rings. The maximum absolute atomic E-state index is 9.65. The van der Waals surface area contributed by atoms with Crippen molar-refractivity contribution in [1.82, 2.24) is 9.97 Å². The van der Waals surface area contributed by atoms with Crippen LogP contribution in [0, 0.1) is 0 Å². The van der Waals surface area contributed by atoms with E-state index in [1.807, 2.05) is 30.3 Å². The van der Waals surface area contributed by atoms with Gasteiger partial charge in [-0.05, 0) is 31.2 Å². The third-order valence-electron chi connectivity index (χ3n) is 3.82.